The van der Waals surface area contributed by atoms with Crippen molar-refractivity contribution in [3.63, 3.8) is 0 Å². The standard InChI is InChI=1S/C17H32N4O2/c1-6-18-17(19-9-10-21(13(2)3)14(4)5)20-12-15(22)16-8-7-11-23-16/h7-8,11,13-15,22H,6,9-10,12H2,1-5H3,(H2,18,19,20). The zero-order valence-corrected chi connectivity index (χ0v) is 15.0. The van der Waals surface area contributed by atoms with E-state index in [1.165, 1.54) is 0 Å². The maximum Gasteiger partial charge on any atom is 0.191 e. The van der Waals surface area contributed by atoms with E-state index in [0.717, 1.165) is 19.6 Å². The molecule has 1 rings (SSSR count). The van der Waals surface area contributed by atoms with Crippen LogP contribution >= 0.6 is 0 Å². The molecule has 1 aromatic rings. The fraction of sp³-hybridized carbons (Fsp3) is 0.706. The van der Waals surface area contributed by atoms with Crippen LogP contribution in [0.5, 0.6) is 0 Å². The predicted octanol–water partition coefficient (Wildman–Crippen LogP) is 1.99. The summed E-state index contributed by atoms with van der Waals surface area (Å²) in [6, 6.07) is 4.54. The minimum Gasteiger partial charge on any atom is -0.467 e. The van der Waals surface area contributed by atoms with Gasteiger partial charge in [0.1, 0.15) is 11.9 Å². The third-order valence-corrected chi connectivity index (χ3v) is 3.63. The number of rotatable bonds is 9. The van der Waals surface area contributed by atoms with Crippen LogP contribution < -0.4 is 10.6 Å². The molecule has 132 valence electrons. The van der Waals surface area contributed by atoms with Crippen molar-refractivity contribution in [3.05, 3.63) is 24.2 Å². The molecule has 0 amide bonds. The van der Waals surface area contributed by atoms with Gasteiger partial charge in [0.15, 0.2) is 5.96 Å². The molecule has 0 aliphatic rings. The second-order valence-electron chi connectivity index (χ2n) is 6.10. The molecule has 0 radical (unpaired) electrons. The molecule has 0 saturated carbocycles. The summed E-state index contributed by atoms with van der Waals surface area (Å²) in [5.41, 5.74) is 0. The molecule has 0 saturated heterocycles. The van der Waals surface area contributed by atoms with Crippen LogP contribution in [-0.4, -0.2) is 54.2 Å². The second kappa shape index (κ2) is 10.3. The summed E-state index contributed by atoms with van der Waals surface area (Å²) in [7, 11) is 0. The highest BCUT2D eigenvalue weighted by Gasteiger charge is 2.13. The third-order valence-electron chi connectivity index (χ3n) is 3.63. The van der Waals surface area contributed by atoms with Gasteiger partial charge in [-0.3, -0.25) is 9.89 Å². The summed E-state index contributed by atoms with van der Waals surface area (Å²) in [6.45, 7) is 13.6. The van der Waals surface area contributed by atoms with E-state index in [0.29, 0.717) is 23.8 Å². The fourth-order valence-electron chi connectivity index (χ4n) is 2.51. The Bertz CT molecular complexity index is 435. The topological polar surface area (TPSA) is 73.0 Å². The van der Waals surface area contributed by atoms with E-state index in [2.05, 4.69) is 48.2 Å². The van der Waals surface area contributed by atoms with Gasteiger partial charge in [0.2, 0.25) is 0 Å². The van der Waals surface area contributed by atoms with Crippen molar-refractivity contribution in [2.45, 2.75) is 52.8 Å². The van der Waals surface area contributed by atoms with Gasteiger partial charge in [-0.2, -0.15) is 0 Å². The molecule has 1 aromatic heterocycles. The molecule has 6 nitrogen and oxygen atoms in total. The molecule has 1 heterocycles. The van der Waals surface area contributed by atoms with E-state index in [9.17, 15) is 5.11 Å². The van der Waals surface area contributed by atoms with Gasteiger partial charge in [0, 0.05) is 31.7 Å². The Kier molecular flexibility index (Phi) is 8.73. The van der Waals surface area contributed by atoms with Crippen molar-refractivity contribution in [1.82, 2.24) is 15.5 Å². The van der Waals surface area contributed by atoms with Crippen LogP contribution in [-0.2, 0) is 0 Å². The summed E-state index contributed by atoms with van der Waals surface area (Å²) in [5.74, 6) is 1.25. The maximum absolute atomic E-state index is 10.0. The first-order chi connectivity index (χ1) is 11.0. The molecular formula is C17H32N4O2. The molecule has 0 aliphatic heterocycles. The third kappa shape index (κ3) is 7.05. The predicted molar refractivity (Wildman–Crippen MR) is 94.6 cm³/mol. The van der Waals surface area contributed by atoms with Gasteiger partial charge in [-0.05, 0) is 46.8 Å². The van der Waals surface area contributed by atoms with Gasteiger partial charge in [0.25, 0.3) is 0 Å². The lowest BCUT2D eigenvalue weighted by atomic mass is 10.2. The van der Waals surface area contributed by atoms with Crippen LogP contribution in [0.15, 0.2) is 27.8 Å². The fourth-order valence-corrected chi connectivity index (χ4v) is 2.51. The lowest BCUT2D eigenvalue weighted by Gasteiger charge is -2.30. The number of guanidine groups is 1. The van der Waals surface area contributed by atoms with Crippen molar-refractivity contribution < 1.29 is 9.52 Å². The van der Waals surface area contributed by atoms with Crippen molar-refractivity contribution in [3.8, 4) is 0 Å². The molecule has 0 aromatic carbocycles. The number of hydrogen-bond acceptors (Lipinski definition) is 4. The first-order valence-corrected chi connectivity index (χ1v) is 8.45. The molecule has 3 N–H and O–H groups in total. The van der Waals surface area contributed by atoms with Crippen molar-refractivity contribution in [2.24, 2.45) is 4.99 Å². The quantitative estimate of drug-likeness (QED) is 0.478. The Balaban J connectivity index is 2.49. The van der Waals surface area contributed by atoms with Crippen LogP contribution in [0.4, 0.5) is 0 Å². The molecule has 6 heteroatoms. The smallest absolute Gasteiger partial charge is 0.191 e. The second-order valence-corrected chi connectivity index (χ2v) is 6.10. The van der Waals surface area contributed by atoms with Gasteiger partial charge in [-0.25, -0.2) is 0 Å². The van der Waals surface area contributed by atoms with Gasteiger partial charge in [0.05, 0.1) is 12.8 Å². The van der Waals surface area contributed by atoms with Gasteiger partial charge < -0.3 is 20.2 Å². The van der Waals surface area contributed by atoms with E-state index in [-0.39, 0.29) is 6.54 Å². The van der Waals surface area contributed by atoms with E-state index < -0.39 is 6.10 Å². The molecule has 23 heavy (non-hydrogen) atoms. The van der Waals surface area contributed by atoms with Crippen LogP contribution in [0.3, 0.4) is 0 Å². The average Bonchev–Trinajstić information content (AvgIpc) is 3.02. The van der Waals surface area contributed by atoms with E-state index >= 15 is 0 Å². The first kappa shape index (κ1) is 19.5. The van der Waals surface area contributed by atoms with Crippen molar-refractivity contribution in [2.75, 3.05) is 26.2 Å². The highest BCUT2D eigenvalue weighted by molar-refractivity contribution is 5.79. The number of furan rings is 1. The van der Waals surface area contributed by atoms with E-state index in [4.69, 9.17) is 4.42 Å². The highest BCUT2D eigenvalue weighted by atomic mass is 16.4. The molecular weight excluding hydrogens is 292 g/mol. The number of nitrogens with zero attached hydrogens (tertiary/aromatic N) is 2. The minimum atomic E-state index is -0.719. The molecule has 1 unspecified atom stereocenters. The minimum absolute atomic E-state index is 0.265. The van der Waals surface area contributed by atoms with Gasteiger partial charge in [-0.1, -0.05) is 0 Å². The number of aliphatic hydroxyl groups is 1. The Labute approximate surface area is 140 Å². The van der Waals surface area contributed by atoms with Crippen LogP contribution in [0.25, 0.3) is 0 Å². The summed E-state index contributed by atoms with van der Waals surface area (Å²) < 4.78 is 5.19. The normalized spacial score (nSPS) is 13.9. The molecule has 0 spiro atoms. The Morgan fingerprint density at radius 1 is 1.26 bits per heavy atom. The van der Waals surface area contributed by atoms with Gasteiger partial charge >= 0.3 is 0 Å². The zero-order valence-electron chi connectivity index (χ0n) is 15.0. The van der Waals surface area contributed by atoms with Gasteiger partial charge in [-0.15, -0.1) is 0 Å². The molecule has 0 bridgehead atoms. The lowest BCUT2D eigenvalue weighted by molar-refractivity contribution is 0.158. The molecule has 0 aliphatic carbocycles. The summed E-state index contributed by atoms with van der Waals surface area (Å²) >= 11 is 0. The number of aliphatic hydroxyl groups excluding tert-OH is 1. The molecule has 0 fully saturated rings. The van der Waals surface area contributed by atoms with E-state index in [1.54, 1.807) is 18.4 Å². The SMILES string of the molecule is CCNC(=NCC(O)c1ccco1)NCCN(C(C)C)C(C)C. The Morgan fingerprint density at radius 3 is 2.48 bits per heavy atom. The summed E-state index contributed by atoms with van der Waals surface area (Å²) in [5, 5.41) is 16.5. The van der Waals surface area contributed by atoms with Crippen LogP contribution in [0.2, 0.25) is 0 Å². The van der Waals surface area contributed by atoms with E-state index in [1.807, 2.05) is 6.92 Å². The zero-order chi connectivity index (χ0) is 17.2. The lowest BCUT2D eigenvalue weighted by Crippen LogP contribution is -2.45. The summed E-state index contributed by atoms with van der Waals surface area (Å²) in [4.78, 5) is 6.85. The van der Waals surface area contributed by atoms with Crippen LogP contribution in [0, 0.1) is 0 Å². The Hall–Kier alpha value is -1.53. The maximum atomic E-state index is 10.0. The molecule has 1 atom stereocenters. The summed E-state index contributed by atoms with van der Waals surface area (Å²) in [6.07, 6.45) is 0.835. The number of hydrogen-bond donors (Lipinski definition) is 3. The first-order valence-electron chi connectivity index (χ1n) is 8.45. The van der Waals surface area contributed by atoms with Crippen molar-refractivity contribution in [1.29, 1.82) is 0 Å². The number of aliphatic imine (C=N–C) groups is 1. The average molecular weight is 324 g/mol. The van der Waals surface area contributed by atoms with Crippen molar-refractivity contribution >= 4 is 5.96 Å². The highest BCUT2D eigenvalue weighted by Crippen LogP contribution is 2.12. The number of nitrogens with one attached hydrogen (secondary N) is 2. The van der Waals surface area contributed by atoms with Crippen LogP contribution in [0.1, 0.15) is 46.5 Å². The largest absolute Gasteiger partial charge is 0.467 e. The monoisotopic (exact) mass is 324 g/mol. The Morgan fingerprint density at radius 2 is 1.96 bits per heavy atom.